The van der Waals surface area contributed by atoms with E-state index in [2.05, 4.69) is 35.5 Å². The van der Waals surface area contributed by atoms with E-state index in [-0.39, 0.29) is 17.9 Å². The van der Waals surface area contributed by atoms with Crippen molar-refractivity contribution in [2.24, 2.45) is 0 Å². The molecule has 1 aliphatic rings. The Morgan fingerprint density at radius 2 is 2.08 bits per heavy atom. The van der Waals surface area contributed by atoms with Crippen molar-refractivity contribution in [1.29, 1.82) is 0 Å². The molecule has 0 saturated carbocycles. The van der Waals surface area contributed by atoms with Gasteiger partial charge in [0, 0.05) is 24.8 Å². The molecular formula is C16H16FN7O. The molecule has 1 aliphatic heterocycles. The Balaban J connectivity index is 1.38. The maximum atomic E-state index is 12.9. The molecule has 25 heavy (non-hydrogen) atoms. The Bertz CT molecular complexity index is 895. The van der Waals surface area contributed by atoms with Gasteiger partial charge in [0.15, 0.2) is 11.5 Å². The molecule has 0 radical (unpaired) electrons. The molecule has 4 rings (SSSR count). The van der Waals surface area contributed by atoms with Crippen molar-refractivity contribution in [2.45, 2.75) is 12.5 Å². The van der Waals surface area contributed by atoms with E-state index in [1.165, 1.54) is 30.6 Å². The van der Waals surface area contributed by atoms with E-state index in [0.29, 0.717) is 17.9 Å². The minimum absolute atomic E-state index is 0.00612. The fourth-order valence-corrected chi connectivity index (χ4v) is 2.95. The fourth-order valence-electron chi connectivity index (χ4n) is 2.95. The van der Waals surface area contributed by atoms with E-state index in [1.807, 2.05) is 0 Å². The van der Waals surface area contributed by atoms with Gasteiger partial charge in [0.25, 0.3) is 0 Å². The van der Waals surface area contributed by atoms with Crippen LogP contribution in [-0.4, -0.2) is 45.1 Å². The molecule has 9 heteroatoms. The second kappa shape index (κ2) is 6.34. The quantitative estimate of drug-likeness (QED) is 0.676. The van der Waals surface area contributed by atoms with Crippen LogP contribution in [0.15, 0.2) is 36.9 Å². The number of benzene rings is 1. The number of nitrogens with zero attached hydrogens (tertiary/aromatic N) is 4. The van der Waals surface area contributed by atoms with Crippen molar-refractivity contribution in [3.8, 4) is 0 Å². The Labute approximate surface area is 142 Å². The summed E-state index contributed by atoms with van der Waals surface area (Å²) in [6, 6.07) is 5.33. The van der Waals surface area contributed by atoms with Crippen LogP contribution in [0.1, 0.15) is 6.42 Å². The fraction of sp³-hybridized carbons (Fsp3) is 0.250. The number of anilines is 2. The van der Waals surface area contributed by atoms with Gasteiger partial charge >= 0.3 is 6.03 Å². The monoisotopic (exact) mass is 341 g/mol. The molecule has 1 saturated heterocycles. The lowest BCUT2D eigenvalue weighted by Crippen LogP contribution is -2.39. The SMILES string of the molecule is O=C(Nc1ccc(F)cc1)NC1CCN(c2ncnc3nc[nH]c23)C1. The van der Waals surface area contributed by atoms with Gasteiger partial charge in [-0.05, 0) is 30.7 Å². The summed E-state index contributed by atoms with van der Waals surface area (Å²) < 4.78 is 12.9. The third-order valence-corrected chi connectivity index (χ3v) is 4.13. The number of urea groups is 1. The van der Waals surface area contributed by atoms with Crippen LogP contribution in [0, 0.1) is 5.82 Å². The van der Waals surface area contributed by atoms with Gasteiger partial charge in [-0.1, -0.05) is 0 Å². The highest BCUT2D eigenvalue weighted by Crippen LogP contribution is 2.23. The zero-order valence-corrected chi connectivity index (χ0v) is 13.2. The van der Waals surface area contributed by atoms with Gasteiger partial charge in [0.2, 0.25) is 0 Å². The predicted molar refractivity (Wildman–Crippen MR) is 90.9 cm³/mol. The molecular weight excluding hydrogens is 325 g/mol. The lowest BCUT2D eigenvalue weighted by molar-refractivity contribution is 0.249. The molecule has 1 unspecified atom stereocenters. The summed E-state index contributed by atoms with van der Waals surface area (Å²) in [4.78, 5) is 29.8. The maximum Gasteiger partial charge on any atom is 0.319 e. The average molecular weight is 341 g/mol. The third kappa shape index (κ3) is 3.21. The molecule has 3 aromatic rings. The number of aromatic amines is 1. The van der Waals surface area contributed by atoms with Crippen molar-refractivity contribution in [3.05, 3.63) is 42.7 Å². The molecule has 3 heterocycles. The van der Waals surface area contributed by atoms with Crippen LogP contribution in [0.5, 0.6) is 0 Å². The number of carbonyl (C=O) groups excluding carboxylic acids is 1. The molecule has 1 aromatic carbocycles. The number of amides is 2. The van der Waals surface area contributed by atoms with Crippen LogP contribution in [0.3, 0.4) is 0 Å². The number of hydrogen-bond donors (Lipinski definition) is 3. The van der Waals surface area contributed by atoms with E-state index in [9.17, 15) is 9.18 Å². The molecule has 3 N–H and O–H groups in total. The third-order valence-electron chi connectivity index (χ3n) is 4.13. The average Bonchev–Trinajstić information content (AvgIpc) is 3.25. The minimum Gasteiger partial charge on any atom is -0.353 e. The second-order valence-electron chi connectivity index (χ2n) is 5.84. The molecule has 128 valence electrons. The standard InChI is InChI=1S/C16H16FN7O/c17-10-1-3-11(4-2-10)22-16(25)23-12-5-6-24(7-12)15-13-14(19-8-18-13)20-9-21-15/h1-4,8-9,12H,5-7H2,(H2,22,23,25)(H,18,19,20,21). The van der Waals surface area contributed by atoms with E-state index >= 15 is 0 Å². The summed E-state index contributed by atoms with van der Waals surface area (Å²) in [6.45, 7) is 1.41. The Kier molecular flexibility index (Phi) is 3.88. The number of aromatic nitrogens is 4. The predicted octanol–water partition coefficient (Wildman–Crippen LogP) is 1.89. The molecule has 0 aliphatic carbocycles. The highest BCUT2D eigenvalue weighted by molar-refractivity contribution is 5.89. The zero-order chi connectivity index (χ0) is 17.2. The number of hydrogen-bond acceptors (Lipinski definition) is 5. The largest absolute Gasteiger partial charge is 0.353 e. The van der Waals surface area contributed by atoms with Gasteiger partial charge in [-0.3, -0.25) is 0 Å². The Morgan fingerprint density at radius 1 is 1.24 bits per heavy atom. The number of H-pyrrole nitrogens is 1. The number of halogens is 1. The van der Waals surface area contributed by atoms with Crippen molar-refractivity contribution in [3.63, 3.8) is 0 Å². The van der Waals surface area contributed by atoms with Crippen LogP contribution in [-0.2, 0) is 0 Å². The molecule has 2 aromatic heterocycles. The van der Waals surface area contributed by atoms with Crippen molar-refractivity contribution in [2.75, 3.05) is 23.3 Å². The number of rotatable bonds is 3. The summed E-state index contributed by atoms with van der Waals surface area (Å²) in [5, 5.41) is 5.63. The Hall–Kier alpha value is -3.23. The van der Waals surface area contributed by atoms with E-state index in [4.69, 9.17) is 0 Å². The molecule has 0 bridgehead atoms. The van der Waals surface area contributed by atoms with Gasteiger partial charge in [-0.2, -0.15) is 0 Å². The first kappa shape index (κ1) is 15.3. The smallest absolute Gasteiger partial charge is 0.319 e. The van der Waals surface area contributed by atoms with Gasteiger partial charge in [0.05, 0.1) is 6.33 Å². The number of carbonyl (C=O) groups is 1. The van der Waals surface area contributed by atoms with Crippen LogP contribution < -0.4 is 15.5 Å². The minimum atomic E-state index is -0.340. The van der Waals surface area contributed by atoms with Crippen molar-refractivity contribution < 1.29 is 9.18 Å². The van der Waals surface area contributed by atoms with Crippen LogP contribution in [0.4, 0.5) is 20.7 Å². The van der Waals surface area contributed by atoms with Gasteiger partial charge < -0.3 is 20.5 Å². The van der Waals surface area contributed by atoms with E-state index < -0.39 is 0 Å². The molecule has 8 nitrogen and oxygen atoms in total. The normalized spacial score (nSPS) is 17.0. The summed E-state index contributed by atoms with van der Waals surface area (Å²) >= 11 is 0. The molecule has 2 amide bonds. The lowest BCUT2D eigenvalue weighted by Gasteiger charge is -2.18. The lowest BCUT2D eigenvalue weighted by atomic mass is 10.3. The van der Waals surface area contributed by atoms with Crippen LogP contribution in [0.25, 0.3) is 11.2 Å². The molecule has 1 fully saturated rings. The summed E-state index contributed by atoms with van der Waals surface area (Å²) in [6.07, 6.45) is 3.88. The first-order valence-electron chi connectivity index (χ1n) is 7.91. The summed E-state index contributed by atoms with van der Waals surface area (Å²) in [7, 11) is 0. The highest BCUT2D eigenvalue weighted by Gasteiger charge is 2.26. The summed E-state index contributed by atoms with van der Waals surface area (Å²) in [5.41, 5.74) is 1.96. The van der Waals surface area contributed by atoms with Crippen LogP contribution >= 0.6 is 0 Å². The first-order valence-corrected chi connectivity index (χ1v) is 7.91. The van der Waals surface area contributed by atoms with Gasteiger partial charge in [-0.15, -0.1) is 0 Å². The van der Waals surface area contributed by atoms with Gasteiger partial charge in [0.1, 0.15) is 17.7 Å². The van der Waals surface area contributed by atoms with E-state index in [1.54, 1.807) is 6.33 Å². The number of fused-ring (bicyclic) bond motifs is 1. The molecule has 1 atom stereocenters. The topological polar surface area (TPSA) is 98.8 Å². The van der Waals surface area contributed by atoms with Crippen molar-refractivity contribution >= 4 is 28.7 Å². The molecule has 0 spiro atoms. The summed E-state index contributed by atoms with van der Waals surface area (Å²) in [5.74, 6) is 0.443. The highest BCUT2D eigenvalue weighted by atomic mass is 19.1. The zero-order valence-electron chi connectivity index (χ0n) is 13.2. The van der Waals surface area contributed by atoms with Crippen LogP contribution in [0.2, 0.25) is 0 Å². The Morgan fingerprint density at radius 3 is 2.92 bits per heavy atom. The maximum absolute atomic E-state index is 12.9. The first-order chi connectivity index (χ1) is 12.2. The van der Waals surface area contributed by atoms with Gasteiger partial charge in [-0.25, -0.2) is 24.1 Å². The second-order valence-corrected chi connectivity index (χ2v) is 5.84. The van der Waals surface area contributed by atoms with Crippen molar-refractivity contribution in [1.82, 2.24) is 25.3 Å². The number of nitrogens with one attached hydrogen (secondary N) is 3. The number of imidazole rings is 1. The van der Waals surface area contributed by atoms with E-state index in [0.717, 1.165) is 24.3 Å².